The Balaban J connectivity index is 2.19. The molecule has 0 unspecified atom stereocenters. The standard InChI is InChI=1S/C21H21BrIN3O3/c1-5-29-17-9-12(8-15(23)18(17)27)11-24-26-19(28)14-10-13(22)6-7-16(14)25-20(26)21(2,3)4/h6-11,27H,5H2,1-4H3. The van der Waals surface area contributed by atoms with Gasteiger partial charge in [0.05, 0.1) is 27.3 Å². The zero-order chi connectivity index (χ0) is 21.3. The van der Waals surface area contributed by atoms with E-state index in [9.17, 15) is 9.90 Å². The minimum absolute atomic E-state index is 0.0920. The highest BCUT2D eigenvalue weighted by atomic mass is 127. The van der Waals surface area contributed by atoms with Gasteiger partial charge in [-0.1, -0.05) is 36.7 Å². The van der Waals surface area contributed by atoms with Crippen LogP contribution in [0.25, 0.3) is 10.9 Å². The van der Waals surface area contributed by atoms with Crippen LogP contribution in [0.5, 0.6) is 11.5 Å². The second-order valence-electron chi connectivity index (χ2n) is 7.49. The molecular weight excluding hydrogens is 549 g/mol. The Bertz CT molecular complexity index is 1170. The average Bonchev–Trinajstić information content (AvgIpc) is 2.64. The van der Waals surface area contributed by atoms with Crippen molar-refractivity contribution in [3.63, 3.8) is 0 Å². The smallest absolute Gasteiger partial charge is 0.282 e. The van der Waals surface area contributed by atoms with Crippen LogP contribution in [-0.4, -0.2) is 27.6 Å². The van der Waals surface area contributed by atoms with Gasteiger partial charge in [-0.05, 0) is 65.4 Å². The fraction of sp³-hybridized carbons (Fsp3) is 0.286. The largest absolute Gasteiger partial charge is 0.504 e. The predicted octanol–water partition coefficient (Wildman–Crippen LogP) is 5.05. The lowest BCUT2D eigenvalue weighted by molar-refractivity contribution is 0.317. The van der Waals surface area contributed by atoms with Crippen molar-refractivity contribution in [2.45, 2.75) is 33.1 Å². The van der Waals surface area contributed by atoms with E-state index in [4.69, 9.17) is 9.72 Å². The molecule has 3 aromatic rings. The van der Waals surface area contributed by atoms with Gasteiger partial charge in [-0.15, -0.1) is 0 Å². The predicted molar refractivity (Wildman–Crippen MR) is 127 cm³/mol. The maximum absolute atomic E-state index is 13.2. The first-order valence-corrected chi connectivity index (χ1v) is 10.9. The Morgan fingerprint density at radius 3 is 2.69 bits per heavy atom. The topological polar surface area (TPSA) is 76.7 Å². The third kappa shape index (κ3) is 4.63. The van der Waals surface area contributed by atoms with Gasteiger partial charge in [0.15, 0.2) is 11.5 Å². The fourth-order valence-corrected chi connectivity index (χ4v) is 3.79. The normalized spacial score (nSPS) is 12.1. The summed E-state index contributed by atoms with van der Waals surface area (Å²) in [5.74, 6) is 1.03. The Morgan fingerprint density at radius 1 is 1.31 bits per heavy atom. The van der Waals surface area contributed by atoms with E-state index in [0.717, 1.165) is 4.47 Å². The van der Waals surface area contributed by atoms with Crippen LogP contribution in [0.2, 0.25) is 0 Å². The van der Waals surface area contributed by atoms with E-state index >= 15 is 0 Å². The van der Waals surface area contributed by atoms with Gasteiger partial charge in [0, 0.05) is 9.89 Å². The van der Waals surface area contributed by atoms with Crippen molar-refractivity contribution in [1.82, 2.24) is 9.66 Å². The molecule has 3 rings (SSSR count). The molecule has 152 valence electrons. The molecule has 0 amide bonds. The summed E-state index contributed by atoms with van der Waals surface area (Å²) in [6, 6.07) is 8.90. The van der Waals surface area contributed by atoms with Crippen LogP contribution in [0.15, 0.2) is 44.7 Å². The molecule has 2 aromatic carbocycles. The Kier molecular flexibility index (Phi) is 6.33. The van der Waals surface area contributed by atoms with Gasteiger partial charge in [-0.25, -0.2) is 4.98 Å². The van der Waals surface area contributed by atoms with Crippen LogP contribution in [0.1, 0.15) is 39.1 Å². The highest BCUT2D eigenvalue weighted by Gasteiger charge is 2.23. The van der Waals surface area contributed by atoms with Crippen molar-refractivity contribution in [3.8, 4) is 11.5 Å². The van der Waals surface area contributed by atoms with Gasteiger partial charge < -0.3 is 9.84 Å². The fourth-order valence-electron chi connectivity index (χ4n) is 2.80. The number of nitrogens with zero attached hydrogens (tertiary/aromatic N) is 3. The molecule has 0 aliphatic rings. The van der Waals surface area contributed by atoms with Crippen LogP contribution in [0, 0.1) is 3.57 Å². The first-order valence-electron chi connectivity index (χ1n) is 9.04. The average molecular weight is 570 g/mol. The molecule has 1 heterocycles. The molecule has 0 atom stereocenters. The number of halogens is 2. The maximum atomic E-state index is 13.2. The number of aromatic nitrogens is 2. The van der Waals surface area contributed by atoms with Crippen molar-refractivity contribution >= 4 is 55.6 Å². The molecule has 8 heteroatoms. The van der Waals surface area contributed by atoms with Gasteiger partial charge in [-0.2, -0.15) is 9.78 Å². The molecule has 29 heavy (non-hydrogen) atoms. The summed E-state index contributed by atoms with van der Waals surface area (Å²) in [6.07, 6.45) is 1.58. The van der Waals surface area contributed by atoms with Crippen LogP contribution >= 0.6 is 38.5 Å². The molecule has 0 spiro atoms. The number of hydrogen-bond acceptors (Lipinski definition) is 5. The number of fused-ring (bicyclic) bond motifs is 1. The van der Waals surface area contributed by atoms with E-state index in [1.807, 2.05) is 62.4 Å². The summed E-state index contributed by atoms with van der Waals surface area (Å²) >= 11 is 5.44. The summed E-state index contributed by atoms with van der Waals surface area (Å²) in [7, 11) is 0. The third-order valence-corrected chi connectivity index (χ3v) is 5.47. The number of rotatable bonds is 4. The summed E-state index contributed by atoms with van der Waals surface area (Å²) in [6.45, 7) is 8.25. The Hall–Kier alpha value is -1.94. The number of ether oxygens (including phenoxy) is 1. The van der Waals surface area contributed by atoms with E-state index in [2.05, 4.69) is 21.0 Å². The lowest BCUT2D eigenvalue weighted by atomic mass is 9.95. The molecular formula is C21H21BrIN3O3. The lowest BCUT2D eigenvalue weighted by Crippen LogP contribution is -2.29. The number of hydrogen-bond donors (Lipinski definition) is 1. The van der Waals surface area contributed by atoms with Crippen molar-refractivity contribution in [1.29, 1.82) is 0 Å². The second kappa shape index (κ2) is 8.43. The van der Waals surface area contributed by atoms with Crippen molar-refractivity contribution in [3.05, 3.63) is 60.1 Å². The minimum Gasteiger partial charge on any atom is -0.504 e. The minimum atomic E-state index is -0.391. The lowest BCUT2D eigenvalue weighted by Gasteiger charge is -2.20. The van der Waals surface area contributed by atoms with Crippen molar-refractivity contribution in [2.24, 2.45) is 5.10 Å². The highest BCUT2D eigenvalue weighted by Crippen LogP contribution is 2.32. The molecule has 1 N–H and O–H groups in total. The number of aromatic hydroxyl groups is 1. The molecule has 0 aliphatic heterocycles. The van der Waals surface area contributed by atoms with Crippen LogP contribution < -0.4 is 10.3 Å². The monoisotopic (exact) mass is 569 g/mol. The number of phenols is 1. The summed E-state index contributed by atoms with van der Waals surface area (Å²) in [4.78, 5) is 17.9. The van der Waals surface area contributed by atoms with Crippen LogP contribution in [0.3, 0.4) is 0 Å². The van der Waals surface area contributed by atoms with Crippen molar-refractivity contribution < 1.29 is 9.84 Å². The van der Waals surface area contributed by atoms with E-state index in [-0.39, 0.29) is 11.3 Å². The van der Waals surface area contributed by atoms with Gasteiger partial charge in [0.2, 0.25) is 0 Å². The van der Waals surface area contributed by atoms with E-state index in [0.29, 0.717) is 38.2 Å². The Morgan fingerprint density at radius 2 is 2.03 bits per heavy atom. The number of benzene rings is 2. The molecule has 1 aromatic heterocycles. The van der Waals surface area contributed by atoms with E-state index in [1.165, 1.54) is 4.68 Å². The quantitative estimate of drug-likeness (QED) is 0.352. The molecule has 6 nitrogen and oxygen atoms in total. The Labute approximate surface area is 190 Å². The maximum Gasteiger partial charge on any atom is 0.282 e. The summed E-state index contributed by atoms with van der Waals surface area (Å²) < 4.78 is 8.26. The van der Waals surface area contributed by atoms with Crippen LogP contribution in [-0.2, 0) is 5.41 Å². The zero-order valence-electron chi connectivity index (χ0n) is 16.5. The highest BCUT2D eigenvalue weighted by molar-refractivity contribution is 14.1. The molecule has 0 bridgehead atoms. The summed E-state index contributed by atoms with van der Waals surface area (Å²) in [5, 5.41) is 15.1. The number of phenolic OH excluding ortho intramolecular Hbond substituents is 1. The van der Waals surface area contributed by atoms with Crippen molar-refractivity contribution in [2.75, 3.05) is 6.61 Å². The molecule has 0 fully saturated rings. The second-order valence-corrected chi connectivity index (χ2v) is 9.57. The molecule has 0 radical (unpaired) electrons. The SMILES string of the molecule is CCOc1cc(C=Nn2c(C(C)(C)C)nc3ccc(Br)cc3c2=O)cc(I)c1O. The van der Waals surface area contributed by atoms with E-state index < -0.39 is 5.41 Å². The summed E-state index contributed by atoms with van der Waals surface area (Å²) in [5.41, 5.74) is 0.706. The van der Waals surface area contributed by atoms with Gasteiger partial charge in [0.25, 0.3) is 5.56 Å². The van der Waals surface area contributed by atoms with E-state index in [1.54, 1.807) is 24.4 Å². The van der Waals surface area contributed by atoms with Gasteiger partial charge in [-0.3, -0.25) is 4.79 Å². The molecule has 0 aliphatic carbocycles. The molecule has 0 saturated heterocycles. The third-order valence-electron chi connectivity index (χ3n) is 4.15. The van der Waals surface area contributed by atoms with Gasteiger partial charge >= 0.3 is 0 Å². The molecule has 0 saturated carbocycles. The zero-order valence-corrected chi connectivity index (χ0v) is 20.3. The van der Waals surface area contributed by atoms with Gasteiger partial charge in [0.1, 0.15) is 5.82 Å². The van der Waals surface area contributed by atoms with Crippen LogP contribution in [0.4, 0.5) is 0 Å². The first kappa shape index (κ1) is 21.8. The first-order chi connectivity index (χ1) is 13.6.